The summed E-state index contributed by atoms with van der Waals surface area (Å²) in [6.07, 6.45) is -3.12. The zero-order valence-electron chi connectivity index (χ0n) is 9.36. The van der Waals surface area contributed by atoms with Gasteiger partial charge >= 0.3 is 6.18 Å². The van der Waals surface area contributed by atoms with Crippen LogP contribution in [-0.4, -0.2) is 11.3 Å². The van der Waals surface area contributed by atoms with Crippen LogP contribution >= 0.6 is 23.6 Å². The first-order valence-corrected chi connectivity index (χ1v) is 6.34. The molecular weight excluding hydrogens is 295 g/mol. The maximum absolute atomic E-state index is 12.9. The summed E-state index contributed by atoms with van der Waals surface area (Å²) in [5.41, 5.74) is 7.18. The van der Waals surface area contributed by atoms with Crippen LogP contribution in [-0.2, 0) is 6.18 Å². The topological polar surface area (TPSA) is 50.4 Å². The molecule has 1 heterocycles. The van der Waals surface area contributed by atoms with E-state index in [9.17, 15) is 13.2 Å². The Morgan fingerprint density at radius 2 is 2.16 bits per heavy atom. The fourth-order valence-corrected chi connectivity index (χ4v) is 2.65. The lowest BCUT2D eigenvalue weighted by Gasteiger charge is -2.06. The average Bonchev–Trinajstić information content (AvgIpc) is 2.72. The zero-order chi connectivity index (χ0) is 14.0. The van der Waals surface area contributed by atoms with Gasteiger partial charge in [-0.05, 0) is 18.3 Å². The second-order valence-electron chi connectivity index (χ2n) is 3.60. The third-order valence-corrected chi connectivity index (χ3v) is 3.35. The number of alkyl halides is 3. The van der Waals surface area contributed by atoms with Crippen LogP contribution in [0.1, 0.15) is 11.1 Å². The molecule has 19 heavy (non-hydrogen) atoms. The van der Waals surface area contributed by atoms with Gasteiger partial charge < -0.3 is 5.73 Å². The molecule has 0 spiro atoms. The van der Waals surface area contributed by atoms with Crippen molar-refractivity contribution in [1.82, 2.24) is 5.43 Å². The number of hydrazone groups is 1. The van der Waals surface area contributed by atoms with Gasteiger partial charge in [0.05, 0.1) is 11.8 Å². The normalized spacial score (nSPS) is 12.2. The van der Waals surface area contributed by atoms with Crippen molar-refractivity contribution < 1.29 is 13.2 Å². The molecule has 0 unspecified atom stereocenters. The van der Waals surface area contributed by atoms with Crippen LogP contribution in [0.3, 0.4) is 0 Å². The molecule has 0 aliphatic rings. The van der Waals surface area contributed by atoms with Crippen LogP contribution in [0.25, 0.3) is 10.1 Å². The van der Waals surface area contributed by atoms with E-state index in [4.69, 9.17) is 5.73 Å². The number of nitrogens with zero attached hydrogens (tertiary/aromatic N) is 1. The molecule has 100 valence electrons. The lowest BCUT2D eigenvalue weighted by molar-refractivity contribution is -0.136. The predicted octanol–water partition coefficient (Wildman–Crippen LogP) is 3.09. The highest BCUT2D eigenvalue weighted by atomic mass is 32.1. The van der Waals surface area contributed by atoms with Crippen molar-refractivity contribution in [1.29, 1.82) is 0 Å². The van der Waals surface area contributed by atoms with Crippen molar-refractivity contribution in [2.24, 2.45) is 10.8 Å². The number of thiophene rings is 1. The minimum absolute atomic E-state index is 0.0511. The summed E-state index contributed by atoms with van der Waals surface area (Å²) in [6.45, 7) is 0. The van der Waals surface area contributed by atoms with Crippen LogP contribution in [0, 0.1) is 0 Å². The van der Waals surface area contributed by atoms with Crippen molar-refractivity contribution in [3.8, 4) is 0 Å². The summed E-state index contributed by atoms with van der Waals surface area (Å²) in [5.74, 6) is 0. The number of fused-ring (bicyclic) bond motifs is 1. The van der Waals surface area contributed by atoms with Crippen molar-refractivity contribution in [3.05, 3.63) is 34.7 Å². The highest BCUT2D eigenvalue weighted by Gasteiger charge is 2.34. The smallest absolute Gasteiger partial charge is 0.375 e. The fraction of sp³-hybridized carbons (Fsp3) is 0.0909. The van der Waals surface area contributed by atoms with E-state index >= 15 is 0 Å². The van der Waals surface area contributed by atoms with E-state index in [1.807, 2.05) is 0 Å². The number of nitrogens with one attached hydrogen (secondary N) is 1. The fourth-order valence-electron chi connectivity index (χ4n) is 1.60. The van der Waals surface area contributed by atoms with Gasteiger partial charge in [0.25, 0.3) is 0 Å². The molecule has 0 radical (unpaired) electrons. The van der Waals surface area contributed by atoms with Crippen molar-refractivity contribution in [2.45, 2.75) is 6.18 Å². The quantitative estimate of drug-likeness (QED) is 0.509. The Morgan fingerprint density at radius 3 is 2.79 bits per heavy atom. The van der Waals surface area contributed by atoms with Gasteiger partial charge in [-0.25, -0.2) is 0 Å². The summed E-state index contributed by atoms with van der Waals surface area (Å²) >= 11 is 5.59. The van der Waals surface area contributed by atoms with Gasteiger partial charge in [0.15, 0.2) is 5.11 Å². The Balaban J connectivity index is 2.52. The summed E-state index contributed by atoms with van der Waals surface area (Å²) in [7, 11) is 0. The number of nitrogens with two attached hydrogens (primary N) is 1. The molecule has 1 aromatic carbocycles. The lowest BCUT2D eigenvalue weighted by Crippen LogP contribution is -2.24. The highest BCUT2D eigenvalue weighted by Crippen LogP contribution is 2.39. The molecule has 2 aromatic rings. The van der Waals surface area contributed by atoms with Gasteiger partial charge in [-0.3, -0.25) is 5.43 Å². The minimum Gasteiger partial charge on any atom is -0.375 e. The van der Waals surface area contributed by atoms with Gasteiger partial charge in [-0.2, -0.15) is 18.3 Å². The second-order valence-corrected chi connectivity index (χ2v) is 4.95. The standard InChI is InChI=1S/C11H8F3N3S2/c12-11(13,14)7-5-19-8-3-1-2-6(9(7)8)4-16-17-10(15)18/h1-5H,(H3,15,17,18). The average molecular weight is 303 g/mol. The number of hydrogen-bond acceptors (Lipinski definition) is 3. The second kappa shape index (κ2) is 5.14. The molecule has 0 amide bonds. The molecule has 0 atom stereocenters. The van der Waals surface area contributed by atoms with E-state index in [1.165, 1.54) is 6.21 Å². The van der Waals surface area contributed by atoms with Crippen LogP contribution in [0.4, 0.5) is 13.2 Å². The first-order chi connectivity index (χ1) is 8.89. The maximum atomic E-state index is 12.9. The monoisotopic (exact) mass is 303 g/mol. The molecule has 0 aliphatic heterocycles. The maximum Gasteiger partial charge on any atom is 0.417 e. The Hall–Kier alpha value is -1.67. The van der Waals surface area contributed by atoms with E-state index < -0.39 is 11.7 Å². The number of benzene rings is 1. The lowest BCUT2D eigenvalue weighted by atomic mass is 10.1. The third kappa shape index (κ3) is 3.02. The number of halogens is 3. The number of hydrogen-bond donors (Lipinski definition) is 2. The summed E-state index contributed by atoms with van der Waals surface area (Å²) in [5, 5.41) is 4.87. The molecule has 8 heteroatoms. The van der Waals surface area contributed by atoms with Crippen LogP contribution in [0.5, 0.6) is 0 Å². The molecule has 3 N–H and O–H groups in total. The van der Waals surface area contributed by atoms with E-state index in [1.54, 1.807) is 18.2 Å². The molecular formula is C11H8F3N3S2. The van der Waals surface area contributed by atoms with Crippen molar-refractivity contribution in [2.75, 3.05) is 0 Å². The first-order valence-electron chi connectivity index (χ1n) is 5.05. The number of thiocarbonyl (C=S) groups is 1. The molecule has 0 saturated carbocycles. The SMILES string of the molecule is NC(=S)NN=Cc1cccc2scc(C(F)(F)F)c12. The Kier molecular flexibility index (Phi) is 3.72. The zero-order valence-corrected chi connectivity index (χ0v) is 11.0. The molecule has 3 nitrogen and oxygen atoms in total. The molecule has 2 rings (SSSR count). The van der Waals surface area contributed by atoms with Crippen LogP contribution in [0.15, 0.2) is 28.7 Å². The van der Waals surface area contributed by atoms with Gasteiger partial charge in [0.1, 0.15) is 0 Å². The van der Waals surface area contributed by atoms with Gasteiger partial charge in [-0.15, -0.1) is 11.3 Å². The first kappa shape index (κ1) is 13.8. The highest BCUT2D eigenvalue weighted by molar-refractivity contribution is 7.80. The van der Waals surface area contributed by atoms with Gasteiger partial charge in [0, 0.05) is 21.0 Å². The van der Waals surface area contributed by atoms with E-state index in [2.05, 4.69) is 22.7 Å². The van der Waals surface area contributed by atoms with E-state index in [0.29, 0.717) is 10.3 Å². The largest absolute Gasteiger partial charge is 0.417 e. The van der Waals surface area contributed by atoms with Crippen LogP contribution in [0.2, 0.25) is 0 Å². The summed E-state index contributed by atoms with van der Waals surface area (Å²) in [6, 6.07) is 4.85. The molecule has 0 bridgehead atoms. The molecule has 1 aromatic heterocycles. The minimum atomic E-state index is -4.39. The van der Waals surface area contributed by atoms with Crippen molar-refractivity contribution in [3.63, 3.8) is 0 Å². The van der Waals surface area contributed by atoms with Crippen LogP contribution < -0.4 is 11.2 Å². The Bertz CT molecular complexity index is 646. The summed E-state index contributed by atoms with van der Waals surface area (Å²) < 4.78 is 39.2. The Labute approximate surface area is 115 Å². The number of rotatable bonds is 2. The Morgan fingerprint density at radius 1 is 1.42 bits per heavy atom. The van der Waals surface area contributed by atoms with Gasteiger partial charge in [-0.1, -0.05) is 12.1 Å². The predicted molar refractivity (Wildman–Crippen MR) is 74.3 cm³/mol. The third-order valence-electron chi connectivity index (χ3n) is 2.32. The van der Waals surface area contributed by atoms with E-state index in [0.717, 1.165) is 16.7 Å². The van der Waals surface area contributed by atoms with E-state index in [-0.39, 0.29) is 10.5 Å². The molecule has 0 aliphatic carbocycles. The van der Waals surface area contributed by atoms with Crippen molar-refractivity contribution >= 4 is 45.0 Å². The molecule has 0 fully saturated rings. The summed E-state index contributed by atoms with van der Waals surface area (Å²) in [4.78, 5) is 0. The van der Waals surface area contributed by atoms with Gasteiger partial charge in [0.2, 0.25) is 0 Å². The molecule has 0 saturated heterocycles.